The number of pyridine rings is 1. The van der Waals surface area contributed by atoms with Crippen molar-refractivity contribution in [3.8, 4) is 22.6 Å². The van der Waals surface area contributed by atoms with Crippen LogP contribution >= 0.6 is 0 Å². The van der Waals surface area contributed by atoms with Gasteiger partial charge in [0.1, 0.15) is 0 Å². The molecule has 0 spiro atoms. The second kappa shape index (κ2) is 11.8. The Kier molecular flexibility index (Phi) is 7.91. The third kappa shape index (κ3) is 5.73. The Morgan fingerprint density at radius 1 is 1.02 bits per heavy atom. The summed E-state index contributed by atoms with van der Waals surface area (Å²) in [5, 5.41) is 14.7. The SMILES string of the molecule is COC(=O)c1c(CN2CCC(N3CCCCC3)CC2)c(-c2cccc(C(F)(F)F)c2)nc2ccc(-c3nn[nH]n3)cc12. The van der Waals surface area contributed by atoms with E-state index in [1.807, 2.05) is 0 Å². The Morgan fingerprint density at radius 3 is 2.50 bits per heavy atom. The molecule has 2 aliphatic rings. The number of aromatic nitrogens is 5. The highest BCUT2D eigenvalue weighted by Gasteiger charge is 2.32. The minimum Gasteiger partial charge on any atom is -0.465 e. The fourth-order valence-corrected chi connectivity index (χ4v) is 6.25. The lowest BCUT2D eigenvalue weighted by Crippen LogP contribution is -2.46. The van der Waals surface area contributed by atoms with Crippen molar-refractivity contribution >= 4 is 16.9 Å². The van der Waals surface area contributed by atoms with Crippen LogP contribution in [0.5, 0.6) is 0 Å². The van der Waals surface area contributed by atoms with E-state index in [4.69, 9.17) is 9.72 Å². The van der Waals surface area contributed by atoms with Gasteiger partial charge in [0.2, 0.25) is 5.82 Å². The van der Waals surface area contributed by atoms with Crippen molar-refractivity contribution in [1.29, 1.82) is 0 Å². The third-order valence-corrected chi connectivity index (χ3v) is 8.39. The molecule has 0 unspecified atom stereocenters. The van der Waals surface area contributed by atoms with Crippen molar-refractivity contribution in [1.82, 2.24) is 35.4 Å². The van der Waals surface area contributed by atoms with Gasteiger partial charge >= 0.3 is 12.1 Å². The molecule has 2 saturated heterocycles. The van der Waals surface area contributed by atoms with Gasteiger partial charge in [0.25, 0.3) is 0 Å². The van der Waals surface area contributed by atoms with Gasteiger partial charge in [-0.2, -0.15) is 18.4 Å². The van der Waals surface area contributed by atoms with Gasteiger partial charge in [-0.25, -0.2) is 9.78 Å². The quantitative estimate of drug-likeness (QED) is 0.306. The zero-order chi connectivity index (χ0) is 29.3. The molecule has 9 nitrogen and oxygen atoms in total. The molecule has 1 N–H and O–H groups in total. The maximum atomic E-state index is 13.7. The Labute approximate surface area is 241 Å². The lowest BCUT2D eigenvalue weighted by Gasteiger charge is -2.40. The first kappa shape index (κ1) is 28.2. The molecule has 0 bridgehead atoms. The molecule has 12 heteroatoms. The number of nitrogens with one attached hydrogen (secondary N) is 1. The number of carbonyl (C=O) groups excluding carboxylic acids is 1. The van der Waals surface area contributed by atoms with Crippen LogP contribution in [0.1, 0.15) is 53.6 Å². The van der Waals surface area contributed by atoms with E-state index in [2.05, 4.69) is 30.4 Å². The Balaban J connectivity index is 1.45. The summed E-state index contributed by atoms with van der Waals surface area (Å²) in [5.41, 5.74) is 1.72. The molecule has 2 aromatic heterocycles. The van der Waals surface area contributed by atoms with Crippen molar-refractivity contribution in [2.45, 2.75) is 50.9 Å². The van der Waals surface area contributed by atoms with E-state index in [0.29, 0.717) is 46.1 Å². The highest BCUT2D eigenvalue weighted by atomic mass is 19.4. The Bertz CT molecular complexity index is 1560. The number of alkyl halides is 3. The lowest BCUT2D eigenvalue weighted by atomic mass is 9.93. The number of benzene rings is 2. The molecule has 220 valence electrons. The molecule has 0 saturated carbocycles. The fraction of sp³-hybridized carbons (Fsp3) is 0.433. The van der Waals surface area contributed by atoms with Crippen molar-refractivity contribution in [2.75, 3.05) is 33.3 Å². The molecule has 4 heterocycles. The zero-order valence-corrected chi connectivity index (χ0v) is 23.3. The molecular weight excluding hydrogens is 547 g/mol. The van der Waals surface area contributed by atoms with Crippen LogP contribution in [0, 0.1) is 0 Å². The summed E-state index contributed by atoms with van der Waals surface area (Å²) in [6, 6.07) is 10.8. The monoisotopic (exact) mass is 579 g/mol. The van der Waals surface area contributed by atoms with Gasteiger partial charge in [0, 0.05) is 34.7 Å². The first-order chi connectivity index (χ1) is 20.3. The summed E-state index contributed by atoms with van der Waals surface area (Å²) < 4.78 is 46.4. The van der Waals surface area contributed by atoms with E-state index in [0.717, 1.165) is 51.2 Å². The molecular formula is C30H32F3N7O2. The predicted molar refractivity (Wildman–Crippen MR) is 150 cm³/mol. The van der Waals surface area contributed by atoms with Crippen LogP contribution in [0.3, 0.4) is 0 Å². The number of carbonyl (C=O) groups is 1. The summed E-state index contributed by atoms with van der Waals surface area (Å²) in [6.07, 6.45) is 1.22. The first-order valence-electron chi connectivity index (χ1n) is 14.2. The van der Waals surface area contributed by atoms with Gasteiger partial charge in [0.05, 0.1) is 29.4 Å². The zero-order valence-electron chi connectivity index (χ0n) is 23.3. The van der Waals surface area contributed by atoms with Crippen molar-refractivity contribution in [3.63, 3.8) is 0 Å². The second-order valence-electron chi connectivity index (χ2n) is 11.0. The van der Waals surface area contributed by atoms with Gasteiger partial charge in [-0.15, -0.1) is 10.2 Å². The molecule has 2 aliphatic heterocycles. The lowest BCUT2D eigenvalue weighted by molar-refractivity contribution is -0.137. The second-order valence-corrected chi connectivity index (χ2v) is 11.0. The van der Waals surface area contributed by atoms with E-state index in [9.17, 15) is 18.0 Å². The predicted octanol–water partition coefficient (Wildman–Crippen LogP) is 5.34. The number of likely N-dealkylation sites (tertiary alicyclic amines) is 2. The van der Waals surface area contributed by atoms with Crippen LogP contribution in [0.2, 0.25) is 0 Å². The number of esters is 1. The maximum absolute atomic E-state index is 13.7. The minimum atomic E-state index is -4.52. The van der Waals surface area contributed by atoms with E-state index in [-0.39, 0.29) is 11.1 Å². The van der Waals surface area contributed by atoms with E-state index < -0.39 is 17.7 Å². The molecule has 0 aliphatic carbocycles. The number of H-pyrrole nitrogens is 1. The van der Waals surface area contributed by atoms with Crippen LogP contribution in [0.4, 0.5) is 13.2 Å². The van der Waals surface area contributed by atoms with Gasteiger partial charge in [-0.1, -0.05) is 18.6 Å². The van der Waals surface area contributed by atoms with Gasteiger partial charge in [-0.05, 0) is 87.4 Å². The highest BCUT2D eigenvalue weighted by molar-refractivity contribution is 6.07. The van der Waals surface area contributed by atoms with Gasteiger partial charge in [-0.3, -0.25) is 4.90 Å². The average Bonchev–Trinajstić information content (AvgIpc) is 3.56. The topological polar surface area (TPSA) is 100 Å². The number of piperidine rings is 2. The molecule has 2 fully saturated rings. The molecule has 6 rings (SSSR count). The van der Waals surface area contributed by atoms with Crippen molar-refractivity contribution in [3.05, 3.63) is 59.2 Å². The molecule has 2 aromatic carbocycles. The summed E-state index contributed by atoms with van der Waals surface area (Å²) in [6.45, 7) is 4.23. The number of aromatic amines is 1. The first-order valence-corrected chi connectivity index (χ1v) is 14.2. The smallest absolute Gasteiger partial charge is 0.416 e. The van der Waals surface area contributed by atoms with Crippen LogP contribution in [-0.2, 0) is 17.5 Å². The van der Waals surface area contributed by atoms with Gasteiger partial charge in [0.15, 0.2) is 0 Å². The third-order valence-electron chi connectivity index (χ3n) is 8.39. The molecule has 0 atom stereocenters. The number of rotatable bonds is 6. The number of nitrogens with zero attached hydrogens (tertiary/aromatic N) is 6. The minimum absolute atomic E-state index is 0.276. The number of tetrazole rings is 1. The highest BCUT2D eigenvalue weighted by Crippen LogP contribution is 2.37. The Morgan fingerprint density at radius 2 is 1.81 bits per heavy atom. The van der Waals surface area contributed by atoms with E-state index in [1.165, 1.54) is 32.4 Å². The van der Waals surface area contributed by atoms with Crippen molar-refractivity contribution < 1.29 is 22.7 Å². The summed E-state index contributed by atoms with van der Waals surface area (Å²) in [5.74, 6) is -0.241. The standard InChI is InChI=1S/C30H32F3N7O2/c1-42-29(41)26-23-17-20(28-35-37-38-36-28)8-9-25(23)34-27(19-6-5-7-21(16-19)30(31,32)33)24(26)18-39-14-10-22(11-15-39)40-12-3-2-4-13-40/h5-9,16-17,22H,2-4,10-15,18H2,1H3,(H,35,36,37,38). The van der Waals surface area contributed by atoms with Gasteiger partial charge < -0.3 is 9.64 Å². The van der Waals surface area contributed by atoms with E-state index >= 15 is 0 Å². The number of hydrogen-bond donors (Lipinski definition) is 1. The number of fused-ring (bicyclic) bond motifs is 1. The Hall–Kier alpha value is -3.90. The normalized spacial score (nSPS) is 17.5. The summed E-state index contributed by atoms with van der Waals surface area (Å²) in [7, 11) is 1.30. The molecule has 0 radical (unpaired) electrons. The largest absolute Gasteiger partial charge is 0.465 e. The van der Waals surface area contributed by atoms with Crippen LogP contribution < -0.4 is 0 Å². The number of ether oxygens (including phenoxy) is 1. The summed E-state index contributed by atoms with van der Waals surface area (Å²) >= 11 is 0. The molecule has 0 amide bonds. The van der Waals surface area contributed by atoms with E-state index in [1.54, 1.807) is 24.3 Å². The van der Waals surface area contributed by atoms with Crippen LogP contribution in [0.25, 0.3) is 33.5 Å². The number of methoxy groups -OCH3 is 1. The molecule has 42 heavy (non-hydrogen) atoms. The summed E-state index contributed by atoms with van der Waals surface area (Å²) in [4.78, 5) is 23.1. The number of hydrogen-bond acceptors (Lipinski definition) is 8. The fourth-order valence-electron chi connectivity index (χ4n) is 6.25. The number of halogens is 3. The average molecular weight is 580 g/mol. The maximum Gasteiger partial charge on any atom is 0.416 e. The van der Waals surface area contributed by atoms with Crippen molar-refractivity contribution in [2.24, 2.45) is 0 Å². The molecule has 4 aromatic rings. The van der Waals surface area contributed by atoms with Crippen LogP contribution in [0.15, 0.2) is 42.5 Å². The van der Waals surface area contributed by atoms with Crippen LogP contribution in [-0.4, -0.2) is 80.7 Å².